The Kier molecular flexibility index (Phi) is 7.70. The predicted molar refractivity (Wildman–Crippen MR) is 119 cm³/mol. The molecule has 0 aliphatic heterocycles. The number of halogens is 1. The summed E-state index contributed by atoms with van der Waals surface area (Å²) in [4.78, 5) is 11.2. The van der Waals surface area contributed by atoms with Gasteiger partial charge in [0, 0.05) is 11.3 Å². The number of benzene rings is 2. The van der Waals surface area contributed by atoms with E-state index in [2.05, 4.69) is 0 Å². The van der Waals surface area contributed by atoms with Gasteiger partial charge in [0.05, 0.1) is 30.8 Å². The Morgan fingerprint density at radius 3 is 2.50 bits per heavy atom. The highest BCUT2D eigenvalue weighted by molar-refractivity contribution is 7.92. The number of carboxylic acids is 1. The van der Waals surface area contributed by atoms with Gasteiger partial charge in [-0.15, -0.1) is 11.3 Å². The van der Waals surface area contributed by atoms with E-state index < -0.39 is 21.8 Å². The number of thiophene rings is 1. The molecular formula is C22H22FNO6S2. The summed E-state index contributed by atoms with van der Waals surface area (Å²) in [6.45, 7) is 0.0903. The van der Waals surface area contributed by atoms with Gasteiger partial charge in [-0.05, 0) is 60.3 Å². The summed E-state index contributed by atoms with van der Waals surface area (Å²) in [5, 5.41) is 10.5. The molecule has 0 atom stereocenters. The molecule has 0 saturated carbocycles. The van der Waals surface area contributed by atoms with Crippen LogP contribution in [0.4, 0.5) is 10.1 Å². The van der Waals surface area contributed by atoms with Gasteiger partial charge in [0.15, 0.2) is 11.6 Å². The molecule has 1 heterocycles. The molecule has 7 nitrogen and oxygen atoms in total. The molecule has 0 aliphatic rings. The van der Waals surface area contributed by atoms with Crippen LogP contribution >= 0.6 is 11.3 Å². The first-order valence-electron chi connectivity index (χ1n) is 9.64. The Bertz CT molecular complexity index is 1150. The molecule has 3 rings (SSSR count). The van der Waals surface area contributed by atoms with Crippen LogP contribution in [-0.4, -0.2) is 33.2 Å². The molecule has 0 bridgehead atoms. The van der Waals surface area contributed by atoms with Crippen LogP contribution in [0.1, 0.15) is 17.7 Å². The predicted octanol–water partition coefficient (Wildman–Crippen LogP) is 4.53. The summed E-state index contributed by atoms with van der Waals surface area (Å²) in [7, 11) is -2.58. The van der Waals surface area contributed by atoms with E-state index in [1.165, 1.54) is 34.9 Å². The molecule has 1 aromatic heterocycles. The molecular weight excluding hydrogens is 457 g/mol. The fourth-order valence-corrected chi connectivity index (χ4v) is 5.13. The summed E-state index contributed by atoms with van der Waals surface area (Å²) in [5.74, 6) is -1.37. The van der Waals surface area contributed by atoms with Crippen molar-refractivity contribution in [2.24, 2.45) is 0 Å². The minimum Gasteiger partial charge on any atom is -0.497 e. The van der Waals surface area contributed by atoms with Gasteiger partial charge in [-0.25, -0.2) is 12.8 Å². The molecule has 0 fully saturated rings. The number of rotatable bonds is 11. The fourth-order valence-electron chi connectivity index (χ4n) is 2.90. The average Bonchev–Trinajstić information content (AvgIpc) is 3.29. The first kappa shape index (κ1) is 23.6. The van der Waals surface area contributed by atoms with Crippen molar-refractivity contribution in [3.05, 3.63) is 70.7 Å². The topological polar surface area (TPSA) is 93.1 Å². The minimum absolute atomic E-state index is 0.00562. The molecule has 0 radical (unpaired) electrons. The number of hydrogen-bond acceptors (Lipinski definition) is 6. The summed E-state index contributed by atoms with van der Waals surface area (Å²) >= 11 is 1.42. The molecule has 1 N–H and O–H groups in total. The third-order valence-electron chi connectivity index (χ3n) is 4.52. The number of sulfonamides is 1. The summed E-state index contributed by atoms with van der Waals surface area (Å²) in [6, 6.07) is 13.6. The fraction of sp³-hybridized carbons (Fsp3) is 0.227. The van der Waals surface area contributed by atoms with Crippen molar-refractivity contribution in [2.75, 3.05) is 18.0 Å². The number of nitrogens with zero attached hydrogens (tertiary/aromatic N) is 1. The number of aliphatic carboxylic acids is 1. The van der Waals surface area contributed by atoms with Crippen LogP contribution in [0.15, 0.2) is 64.9 Å². The van der Waals surface area contributed by atoms with E-state index >= 15 is 0 Å². The van der Waals surface area contributed by atoms with Crippen LogP contribution in [-0.2, 0) is 21.4 Å². The molecule has 170 valence electrons. The smallest absolute Gasteiger partial charge is 0.303 e. The Hall–Kier alpha value is -3.11. The second kappa shape index (κ2) is 10.5. The molecule has 3 aromatic rings. The number of hydrogen-bond donors (Lipinski definition) is 1. The Balaban J connectivity index is 1.88. The molecule has 10 heteroatoms. The third-order valence-corrected chi connectivity index (χ3v) is 7.15. The van der Waals surface area contributed by atoms with Crippen molar-refractivity contribution < 1.29 is 32.2 Å². The average molecular weight is 480 g/mol. The van der Waals surface area contributed by atoms with Crippen molar-refractivity contribution in [3.63, 3.8) is 0 Å². The van der Waals surface area contributed by atoms with Crippen LogP contribution in [0.3, 0.4) is 0 Å². The van der Waals surface area contributed by atoms with Gasteiger partial charge in [-0.1, -0.05) is 6.07 Å². The molecule has 0 spiro atoms. The summed E-state index contributed by atoms with van der Waals surface area (Å²) in [6.07, 6.45) is 0.106. The largest absolute Gasteiger partial charge is 0.497 e. The van der Waals surface area contributed by atoms with E-state index in [1.54, 1.807) is 24.3 Å². The van der Waals surface area contributed by atoms with Crippen molar-refractivity contribution in [3.8, 4) is 11.5 Å². The highest BCUT2D eigenvalue weighted by Crippen LogP contribution is 2.30. The minimum atomic E-state index is -4.10. The van der Waals surface area contributed by atoms with Gasteiger partial charge in [-0.3, -0.25) is 9.10 Å². The zero-order valence-electron chi connectivity index (χ0n) is 17.2. The lowest BCUT2D eigenvalue weighted by Gasteiger charge is -2.24. The Morgan fingerprint density at radius 2 is 1.91 bits per heavy atom. The van der Waals surface area contributed by atoms with Crippen molar-refractivity contribution in [1.29, 1.82) is 0 Å². The SMILES string of the molecule is COc1ccc(N(Cc2cccs2)S(=O)(=O)c2ccc(OCCCC(=O)O)c(F)c2)cc1. The quantitative estimate of drug-likeness (QED) is 0.406. The van der Waals surface area contributed by atoms with Gasteiger partial charge in [-0.2, -0.15) is 0 Å². The zero-order valence-corrected chi connectivity index (χ0v) is 18.9. The molecule has 0 aliphatic carbocycles. The van der Waals surface area contributed by atoms with Crippen molar-refractivity contribution in [2.45, 2.75) is 24.3 Å². The highest BCUT2D eigenvalue weighted by Gasteiger charge is 2.27. The molecule has 0 unspecified atom stereocenters. The monoisotopic (exact) mass is 479 g/mol. The first-order chi connectivity index (χ1) is 15.3. The zero-order chi connectivity index (χ0) is 23.1. The van der Waals surface area contributed by atoms with E-state index in [1.807, 2.05) is 17.5 Å². The van der Waals surface area contributed by atoms with Crippen molar-refractivity contribution in [1.82, 2.24) is 0 Å². The lowest BCUT2D eigenvalue weighted by Crippen LogP contribution is -2.30. The Morgan fingerprint density at radius 1 is 1.16 bits per heavy atom. The van der Waals surface area contributed by atoms with Gasteiger partial charge >= 0.3 is 5.97 Å². The number of carboxylic acid groups (broad SMARTS) is 1. The van der Waals surface area contributed by atoms with E-state index in [-0.39, 0.29) is 36.6 Å². The van der Waals surface area contributed by atoms with Crippen LogP contribution in [0.5, 0.6) is 11.5 Å². The maximum Gasteiger partial charge on any atom is 0.303 e. The van der Waals surface area contributed by atoms with Gasteiger partial charge in [0.1, 0.15) is 5.75 Å². The van der Waals surface area contributed by atoms with Gasteiger partial charge < -0.3 is 14.6 Å². The summed E-state index contributed by atoms with van der Waals surface area (Å²) < 4.78 is 53.1. The number of anilines is 1. The van der Waals surface area contributed by atoms with Crippen LogP contribution < -0.4 is 13.8 Å². The van der Waals surface area contributed by atoms with E-state index in [9.17, 15) is 17.6 Å². The second-order valence-electron chi connectivity index (χ2n) is 6.73. The number of carbonyl (C=O) groups is 1. The maximum atomic E-state index is 14.6. The molecule has 0 amide bonds. The molecule has 32 heavy (non-hydrogen) atoms. The van der Waals surface area contributed by atoms with E-state index in [0.29, 0.717) is 11.4 Å². The number of methoxy groups -OCH3 is 1. The summed E-state index contributed by atoms with van der Waals surface area (Å²) in [5.41, 5.74) is 0.411. The van der Waals surface area contributed by atoms with Crippen LogP contribution in [0.25, 0.3) is 0 Å². The first-order valence-corrected chi connectivity index (χ1v) is 12.0. The number of ether oxygens (including phenoxy) is 2. The normalized spacial score (nSPS) is 11.2. The van der Waals surface area contributed by atoms with E-state index in [4.69, 9.17) is 14.6 Å². The van der Waals surface area contributed by atoms with E-state index in [0.717, 1.165) is 10.9 Å². The van der Waals surface area contributed by atoms with Crippen molar-refractivity contribution >= 4 is 33.0 Å². The second-order valence-corrected chi connectivity index (χ2v) is 9.62. The lowest BCUT2D eigenvalue weighted by atomic mass is 10.3. The van der Waals surface area contributed by atoms with Gasteiger partial charge in [0.2, 0.25) is 0 Å². The highest BCUT2D eigenvalue weighted by atomic mass is 32.2. The standard InChI is InChI=1S/C22H22FNO6S2/c1-29-17-8-6-16(7-9-17)24(15-18-4-3-13-31-18)32(27,28)19-10-11-21(20(23)14-19)30-12-2-5-22(25)26/h3-4,6-11,13-14H,2,5,12,15H2,1H3,(H,25,26). The van der Waals surface area contributed by atoms with Crippen LogP contribution in [0.2, 0.25) is 0 Å². The van der Waals surface area contributed by atoms with Crippen LogP contribution in [0, 0.1) is 5.82 Å². The third kappa shape index (κ3) is 5.77. The van der Waals surface area contributed by atoms with Gasteiger partial charge in [0.25, 0.3) is 10.0 Å². The Labute approximate surface area is 189 Å². The molecule has 0 saturated heterocycles. The maximum absolute atomic E-state index is 14.6. The lowest BCUT2D eigenvalue weighted by molar-refractivity contribution is -0.137. The molecule has 2 aromatic carbocycles.